The number of rotatable bonds is 5. The molecule has 1 heterocycles. The van der Waals surface area contributed by atoms with Crippen molar-refractivity contribution in [1.82, 2.24) is 4.98 Å². The fourth-order valence-corrected chi connectivity index (χ4v) is 3.51. The lowest BCUT2D eigenvalue weighted by molar-refractivity contribution is 0.0696. The highest BCUT2D eigenvalue weighted by molar-refractivity contribution is 8.00. The van der Waals surface area contributed by atoms with Crippen LogP contribution in [0.25, 0.3) is 0 Å². The van der Waals surface area contributed by atoms with Gasteiger partial charge in [-0.1, -0.05) is 12.0 Å². The van der Waals surface area contributed by atoms with Crippen LogP contribution in [0.4, 0.5) is 10.1 Å². The number of hydrogen-bond donors (Lipinski definition) is 2. The molecule has 5 nitrogen and oxygen atoms in total. The van der Waals surface area contributed by atoms with Crippen molar-refractivity contribution < 1.29 is 19.0 Å². The summed E-state index contributed by atoms with van der Waals surface area (Å²) in [5, 5.41) is 12.2. The molecular formula is C19H13FN2O3S2. The number of aromatic carboxylic acids is 1. The summed E-state index contributed by atoms with van der Waals surface area (Å²) in [5.74, 6) is 4.86. The van der Waals surface area contributed by atoms with Crippen molar-refractivity contribution in [3.63, 3.8) is 0 Å². The van der Waals surface area contributed by atoms with Gasteiger partial charge in [0.05, 0.1) is 18.4 Å². The Morgan fingerprint density at radius 3 is 2.89 bits per heavy atom. The van der Waals surface area contributed by atoms with Crippen LogP contribution in [-0.2, 0) is 0 Å². The van der Waals surface area contributed by atoms with Crippen LogP contribution in [0.5, 0.6) is 5.75 Å². The van der Waals surface area contributed by atoms with E-state index in [4.69, 9.17) is 9.84 Å². The SMILES string of the molecule is COc1cc(C(=O)O)ccc1NSc1csc(C#Cc2cccc(F)c2)n1. The van der Waals surface area contributed by atoms with Crippen LogP contribution < -0.4 is 9.46 Å². The summed E-state index contributed by atoms with van der Waals surface area (Å²) in [6.45, 7) is 0. The number of methoxy groups -OCH3 is 1. The van der Waals surface area contributed by atoms with Crippen molar-refractivity contribution in [2.24, 2.45) is 0 Å². The summed E-state index contributed by atoms with van der Waals surface area (Å²) in [7, 11) is 1.47. The summed E-state index contributed by atoms with van der Waals surface area (Å²) < 4.78 is 21.5. The maximum absolute atomic E-state index is 13.2. The number of thiazole rings is 1. The largest absolute Gasteiger partial charge is 0.495 e. The van der Waals surface area contributed by atoms with Gasteiger partial charge in [-0.15, -0.1) is 11.3 Å². The van der Waals surface area contributed by atoms with Crippen LogP contribution in [0, 0.1) is 17.7 Å². The van der Waals surface area contributed by atoms with Gasteiger partial charge < -0.3 is 14.6 Å². The molecule has 3 rings (SSSR count). The van der Waals surface area contributed by atoms with Gasteiger partial charge in [0.1, 0.15) is 16.6 Å². The minimum Gasteiger partial charge on any atom is -0.495 e. The average molecular weight is 400 g/mol. The number of aromatic nitrogens is 1. The van der Waals surface area contributed by atoms with Gasteiger partial charge in [0.25, 0.3) is 0 Å². The highest BCUT2D eigenvalue weighted by Gasteiger charge is 2.10. The first-order chi connectivity index (χ1) is 13.0. The van der Waals surface area contributed by atoms with Gasteiger partial charge in [-0.05, 0) is 42.3 Å². The second-order valence-corrected chi connectivity index (χ2v) is 6.86. The van der Waals surface area contributed by atoms with Crippen LogP contribution in [0.3, 0.4) is 0 Å². The van der Waals surface area contributed by atoms with Gasteiger partial charge in [0, 0.05) is 22.9 Å². The second kappa shape index (κ2) is 8.58. The number of carboxylic acid groups (broad SMARTS) is 1. The van der Waals surface area contributed by atoms with E-state index >= 15 is 0 Å². The lowest BCUT2D eigenvalue weighted by Crippen LogP contribution is -1.99. The molecule has 0 spiro atoms. The van der Waals surface area contributed by atoms with E-state index in [9.17, 15) is 9.18 Å². The Morgan fingerprint density at radius 2 is 2.15 bits per heavy atom. The zero-order chi connectivity index (χ0) is 19.2. The van der Waals surface area contributed by atoms with Gasteiger partial charge in [-0.25, -0.2) is 14.2 Å². The number of carboxylic acids is 1. The number of nitrogens with one attached hydrogen (secondary N) is 1. The number of ether oxygens (including phenoxy) is 1. The molecule has 2 aromatic carbocycles. The molecule has 0 unspecified atom stereocenters. The molecule has 0 amide bonds. The van der Waals surface area contributed by atoms with Crippen molar-refractivity contribution in [2.45, 2.75) is 5.03 Å². The third-order valence-electron chi connectivity index (χ3n) is 3.34. The van der Waals surface area contributed by atoms with Crippen LogP contribution in [0.1, 0.15) is 20.9 Å². The molecule has 3 aromatic rings. The number of anilines is 1. The van der Waals surface area contributed by atoms with E-state index in [0.29, 0.717) is 27.0 Å². The molecule has 0 aliphatic carbocycles. The van der Waals surface area contributed by atoms with Crippen LogP contribution in [0.2, 0.25) is 0 Å². The number of benzene rings is 2. The van der Waals surface area contributed by atoms with Gasteiger partial charge in [0.15, 0.2) is 5.01 Å². The first-order valence-electron chi connectivity index (χ1n) is 7.62. The molecular weight excluding hydrogens is 387 g/mol. The molecule has 0 fully saturated rings. The number of nitrogens with zero attached hydrogens (tertiary/aromatic N) is 1. The third-order valence-corrected chi connectivity index (χ3v) is 4.98. The normalized spacial score (nSPS) is 10.0. The van der Waals surface area contributed by atoms with E-state index in [0.717, 1.165) is 0 Å². The minimum atomic E-state index is -1.02. The average Bonchev–Trinajstić information content (AvgIpc) is 3.12. The van der Waals surface area contributed by atoms with Gasteiger partial charge in [-0.2, -0.15) is 0 Å². The molecule has 0 saturated carbocycles. The monoisotopic (exact) mass is 400 g/mol. The van der Waals surface area contributed by atoms with Crippen molar-refractivity contribution in [2.75, 3.05) is 11.8 Å². The molecule has 0 aliphatic heterocycles. The Labute approximate surface area is 163 Å². The Balaban J connectivity index is 1.68. The lowest BCUT2D eigenvalue weighted by Gasteiger charge is -2.10. The Kier molecular flexibility index (Phi) is 5.96. The molecule has 0 radical (unpaired) electrons. The zero-order valence-electron chi connectivity index (χ0n) is 14.0. The fraction of sp³-hybridized carbons (Fsp3) is 0.0526. The summed E-state index contributed by atoms with van der Waals surface area (Å²) in [6.07, 6.45) is 0. The molecule has 136 valence electrons. The van der Waals surface area contributed by atoms with Crippen LogP contribution >= 0.6 is 23.3 Å². The topological polar surface area (TPSA) is 71.5 Å². The zero-order valence-corrected chi connectivity index (χ0v) is 15.7. The molecule has 8 heteroatoms. The first-order valence-corrected chi connectivity index (χ1v) is 9.32. The summed E-state index contributed by atoms with van der Waals surface area (Å²) in [5.41, 5.74) is 1.36. The molecule has 0 bridgehead atoms. The van der Waals surface area contributed by atoms with Crippen molar-refractivity contribution >= 4 is 34.9 Å². The molecule has 0 atom stereocenters. The molecule has 1 aromatic heterocycles. The van der Waals surface area contributed by atoms with Crippen molar-refractivity contribution in [3.8, 4) is 17.6 Å². The predicted molar refractivity (Wildman–Crippen MR) is 104 cm³/mol. The fourth-order valence-electron chi connectivity index (χ4n) is 2.07. The Morgan fingerprint density at radius 1 is 1.30 bits per heavy atom. The van der Waals surface area contributed by atoms with Gasteiger partial charge in [0.2, 0.25) is 0 Å². The Bertz CT molecular complexity index is 1040. The number of carbonyl (C=O) groups is 1. The highest BCUT2D eigenvalue weighted by Crippen LogP contribution is 2.30. The second-order valence-electron chi connectivity index (χ2n) is 5.18. The summed E-state index contributed by atoms with van der Waals surface area (Å²) >= 11 is 2.63. The third kappa shape index (κ3) is 5.00. The standard InChI is InChI=1S/C19H13FN2O3S2/c1-25-16-10-13(19(23)24)6-7-15(16)22-27-18-11-26-17(21-18)8-5-12-3-2-4-14(20)9-12/h2-4,6-7,9-11,22H,1H3,(H,23,24). The van der Waals surface area contributed by atoms with Crippen molar-refractivity contribution in [1.29, 1.82) is 0 Å². The van der Waals surface area contributed by atoms with E-state index in [2.05, 4.69) is 21.5 Å². The summed E-state index contributed by atoms with van der Waals surface area (Å²) in [4.78, 5) is 15.4. The highest BCUT2D eigenvalue weighted by atomic mass is 32.2. The molecule has 0 saturated heterocycles. The number of hydrogen-bond acceptors (Lipinski definition) is 6. The van der Waals surface area contributed by atoms with E-state index in [1.165, 1.54) is 54.7 Å². The van der Waals surface area contributed by atoms with Gasteiger partial charge >= 0.3 is 5.97 Å². The first kappa shape index (κ1) is 18.8. The predicted octanol–water partition coefficient (Wildman–Crippen LogP) is 4.51. The van der Waals surface area contributed by atoms with Crippen molar-refractivity contribution in [3.05, 3.63) is 69.8 Å². The van der Waals surface area contributed by atoms with Crippen LogP contribution in [-0.4, -0.2) is 23.2 Å². The maximum atomic E-state index is 13.2. The minimum absolute atomic E-state index is 0.144. The van der Waals surface area contributed by atoms with E-state index in [1.54, 1.807) is 18.2 Å². The lowest BCUT2D eigenvalue weighted by atomic mass is 10.2. The number of halogens is 1. The van der Waals surface area contributed by atoms with E-state index in [1.807, 2.05) is 5.38 Å². The molecule has 0 aliphatic rings. The van der Waals surface area contributed by atoms with E-state index in [-0.39, 0.29) is 11.4 Å². The van der Waals surface area contributed by atoms with Gasteiger partial charge in [-0.3, -0.25) is 0 Å². The quantitative estimate of drug-likeness (QED) is 0.485. The van der Waals surface area contributed by atoms with E-state index < -0.39 is 5.97 Å². The molecule has 2 N–H and O–H groups in total. The Hall–Kier alpha value is -3.02. The summed E-state index contributed by atoms with van der Waals surface area (Å²) in [6, 6.07) is 10.6. The smallest absolute Gasteiger partial charge is 0.335 e. The maximum Gasteiger partial charge on any atom is 0.335 e. The van der Waals surface area contributed by atoms with Crippen LogP contribution in [0.15, 0.2) is 52.9 Å². The molecule has 27 heavy (non-hydrogen) atoms.